The molecule has 2 nitrogen and oxygen atoms in total. The number of hydrogen-bond acceptors (Lipinski definition) is 2. The maximum Gasteiger partial charge on any atom is 0.237 e. The number of hydrogen-bond donors (Lipinski definition) is 0. The second-order valence-electron chi connectivity index (χ2n) is 4.12. The second kappa shape index (κ2) is 5.88. The summed E-state index contributed by atoms with van der Waals surface area (Å²) in [6, 6.07) is 10.3. The fourth-order valence-corrected chi connectivity index (χ4v) is 2.24. The van der Waals surface area contributed by atoms with E-state index in [1.54, 1.807) is 12.1 Å². The SMILES string of the molecule is O=C(C#CN1CCCCC1)c1cccc(Br)c1. The van der Waals surface area contributed by atoms with E-state index in [9.17, 15) is 4.79 Å². The summed E-state index contributed by atoms with van der Waals surface area (Å²) in [5.41, 5.74) is 0.642. The van der Waals surface area contributed by atoms with Gasteiger partial charge in [0.25, 0.3) is 0 Å². The summed E-state index contributed by atoms with van der Waals surface area (Å²) >= 11 is 3.35. The molecule has 88 valence electrons. The van der Waals surface area contributed by atoms with Gasteiger partial charge in [0.2, 0.25) is 5.78 Å². The Balaban J connectivity index is 2.03. The van der Waals surface area contributed by atoms with Crippen LogP contribution in [0, 0.1) is 12.0 Å². The Labute approximate surface area is 110 Å². The smallest absolute Gasteiger partial charge is 0.237 e. The molecule has 1 aliphatic heterocycles. The van der Waals surface area contributed by atoms with Crippen molar-refractivity contribution in [1.82, 2.24) is 4.90 Å². The van der Waals surface area contributed by atoms with Crippen molar-refractivity contribution < 1.29 is 4.79 Å². The molecule has 0 radical (unpaired) electrons. The molecule has 0 atom stereocenters. The van der Waals surface area contributed by atoms with Crippen LogP contribution in [-0.2, 0) is 0 Å². The molecule has 0 spiro atoms. The van der Waals surface area contributed by atoms with Gasteiger partial charge in [0.05, 0.1) is 0 Å². The number of carbonyl (C=O) groups is 1. The zero-order valence-corrected chi connectivity index (χ0v) is 11.2. The number of Topliss-reactive ketones (excluding diaryl/α,β-unsaturated/α-hetero) is 1. The number of ketones is 1. The van der Waals surface area contributed by atoms with Crippen molar-refractivity contribution in [3.63, 3.8) is 0 Å². The first-order valence-electron chi connectivity index (χ1n) is 5.82. The first-order valence-corrected chi connectivity index (χ1v) is 6.61. The molecule has 0 saturated carbocycles. The highest BCUT2D eigenvalue weighted by Gasteiger charge is 2.06. The summed E-state index contributed by atoms with van der Waals surface area (Å²) in [5.74, 6) is 2.60. The van der Waals surface area contributed by atoms with Gasteiger partial charge in [0.15, 0.2) is 0 Å². The summed E-state index contributed by atoms with van der Waals surface area (Å²) in [6.07, 6.45) is 3.64. The Hall–Kier alpha value is -1.27. The molecule has 0 aliphatic carbocycles. The van der Waals surface area contributed by atoms with Gasteiger partial charge in [-0.1, -0.05) is 28.1 Å². The fraction of sp³-hybridized carbons (Fsp3) is 0.357. The van der Waals surface area contributed by atoms with E-state index in [0.29, 0.717) is 5.56 Å². The summed E-state index contributed by atoms with van der Waals surface area (Å²) in [6.45, 7) is 1.97. The van der Waals surface area contributed by atoms with Crippen LogP contribution in [0.4, 0.5) is 0 Å². The van der Waals surface area contributed by atoms with Crippen LogP contribution in [0.3, 0.4) is 0 Å². The minimum absolute atomic E-state index is 0.114. The third-order valence-corrected chi connectivity index (χ3v) is 3.26. The van der Waals surface area contributed by atoms with Crippen molar-refractivity contribution >= 4 is 21.7 Å². The van der Waals surface area contributed by atoms with E-state index in [2.05, 4.69) is 27.9 Å². The lowest BCUT2D eigenvalue weighted by atomic mass is 10.1. The highest BCUT2D eigenvalue weighted by molar-refractivity contribution is 9.10. The van der Waals surface area contributed by atoms with Gasteiger partial charge in [-0.25, -0.2) is 0 Å². The topological polar surface area (TPSA) is 20.3 Å². The predicted molar refractivity (Wildman–Crippen MR) is 71.7 cm³/mol. The number of halogens is 1. The molecule has 1 aromatic rings. The lowest BCUT2D eigenvalue weighted by Crippen LogP contribution is -2.24. The maximum atomic E-state index is 11.8. The van der Waals surface area contributed by atoms with Gasteiger partial charge >= 0.3 is 0 Å². The minimum Gasteiger partial charge on any atom is -0.332 e. The minimum atomic E-state index is -0.114. The molecule has 3 heteroatoms. The first kappa shape index (κ1) is 12.2. The summed E-state index contributed by atoms with van der Waals surface area (Å²) in [7, 11) is 0. The number of likely N-dealkylation sites (tertiary alicyclic amines) is 1. The summed E-state index contributed by atoms with van der Waals surface area (Å²) in [5, 5.41) is 0. The first-order chi connectivity index (χ1) is 8.25. The van der Waals surface area contributed by atoms with Gasteiger partial charge in [-0.3, -0.25) is 4.79 Å². The van der Waals surface area contributed by atoms with Crippen molar-refractivity contribution in [3.05, 3.63) is 34.3 Å². The molecule has 0 aromatic heterocycles. The van der Waals surface area contributed by atoms with E-state index in [4.69, 9.17) is 0 Å². The second-order valence-corrected chi connectivity index (χ2v) is 5.04. The van der Waals surface area contributed by atoms with Gasteiger partial charge in [-0.2, -0.15) is 0 Å². The lowest BCUT2D eigenvalue weighted by Gasteiger charge is -2.21. The van der Waals surface area contributed by atoms with E-state index in [1.165, 1.54) is 19.3 Å². The van der Waals surface area contributed by atoms with Crippen molar-refractivity contribution in [2.75, 3.05) is 13.1 Å². The Kier molecular flexibility index (Phi) is 4.22. The summed E-state index contributed by atoms with van der Waals surface area (Å²) in [4.78, 5) is 13.9. The van der Waals surface area contributed by atoms with Crippen molar-refractivity contribution in [3.8, 4) is 12.0 Å². The van der Waals surface area contributed by atoms with Crippen molar-refractivity contribution in [2.24, 2.45) is 0 Å². The monoisotopic (exact) mass is 291 g/mol. The van der Waals surface area contributed by atoms with Crippen LogP contribution >= 0.6 is 15.9 Å². The molecule has 1 heterocycles. The zero-order valence-electron chi connectivity index (χ0n) is 9.58. The van der Waals surface area contributed by atoms with Crippen LogP contribution in [-0.4, -0.2) is 23.8 Å². The van der Waals surface area contributed by atoms with Gasteiger partial charge in [0, 0.05) is 29.2 Å². The largest absolute Gasteiger partial charge is 0.332 e. The maximum absolute atomic E-state index is 11.8. The Morgan fingerprint density at radius 1 is 1.24 bits per heavy atom. The molecule has 0 N–H and O–H groups in total. The summed E-state index contributed by atoms with van der Waals surface area (Å²) < 4.78 is 0.906. The fourth-order valence-electron chi connectivity index (χ4n) is 1.84. The van der Waals surface area contributed by atoms with E-state index in [-0.39, 0.29) is 5.78 Å². The van der Waals surface area contributed by atoms with E-state index < -0.39 is 0 Å². The molecule has 0 amide bonds. The third-order valence-electron chi connectivity index (χ3n) is 2.77. The molecular weight excluding hydrogens is 278 g/mol. The van der Waals surface area contributed by atoms with Crippen LogP contribution in [0.1, 0.15) is 29.6 Å². The third kappa shape index (κ3) is 3.61. The van der Waals surface area contributed by atoms with Crippen molar-refractivity contribution in [1.29, 1.82) is 0 Å². The number of rotatable bonds is 1. The van der Waals surface area contributed by atoms with Gasteiger partial charge in [-0.05, 0) is 37.3 Å². The molecule has 1 saturated heterocycles. The van der Waals surface area contributed by atoms with E-state index in [1.807, 2.05) is 17.0 Å². The van der Waals surface area contributed by atoms with Crippen LogP contribution in [0.25, 0.3) is 0 Å². The number of nitrogens with zero attached hydrogens (tertiary/aromatic N) is 1. The Morgan fingerprint density at radius 2 is 2.00 bits per heavy atom. The number of piperidine rings is 1. The molecule has 2 rings (SSSR count). The molecule has 17 heavy (non-hydrogen) atoms. The number of benzene rings is 1. The number of carbonyl (C=O) groups excluding carboxylic acids is 1. The van der Waals surface area contributed by atoms with Gasteiger partial charge in [0.1, 0.15) is 0 Å². The van der Waals surface area contributed by atoms with Crippen LogP contribution in [0.5, 0.6) is 0 Å². The van der Waals surface area contributed by atoms with E-state index >= 15 is 0 Å². The molecule has 1 aliphatic rings. The van der Waals surface area contributed by atoms with Gasteiger partial charge < -0.3 is 4.90 Å². The molecule has 1 aromatic carbocycles. The highest BCUT2D eigenvalue weighted by Crippen LogP contribution is 2.12. The average Bonchev–Trinajstić information content (AvgIpc) is 2.37. The zero-order chi connectivity index (χ0) is 12.1. The Morgan fingerprint density at radius 3 is 2.71 bits per heavy atom. The lowest BCUT2D eigenvalue weighted by molar-refractivity contribution is 0.105. The average molecular weight is 292 g/mol. The Bertz CT molecular complexity index is 467. The highest BCUT2D eigenvalue weighted by atomic mass is 79.9. The van der Waals surface area contributed by atoms with Crippen LogP contribution < -0.4 is 0 Å². The predicted octanol–water partition coefficient (Wildman–Crippen LogP) is 3.08. The molecule has 0 bridgehead atoms. The van der Waals surface area contributed by atoms with E-state index in [0.717, 1.165) is 17.6 Å². The van der Waals surface area contributed by atoms with Crippen molar-refractivity contribution in [2.45, 2.75) is 19.3 Å². The molecule has 1 fully saturated rings. The van der Waals surface area contributed by atoms with Crippen LogP contribution in [0.2, 0.25) is 0 Å². The van der Waals surface area contributed by atoms with Crippen LogP contribution in [0.15, 0.2) is 28.7 Å². The van der Waals surface area contributed by atoms with Gasteiger partial charge in [-0.15, -0.1) is 0 Å². The molecular formula is C14H14BrNO. The standard InChI is InChI=1S/C14H14BrNO/c15-13-6-4-5-12(11-13)14(17)7-10-16-8-2-1-3-9-16/h4-6,11H,1-3,8-9H2. The molecule has 0 unspecified atom stereocenters. The normalized spacial score (nSPS) is 15.0. The quantitative estimate of drug-likeness (QED) is 0.585.